The van der Waals surface area contributed by atoms with Gasteiger partial charge in [-0.2, -0.15) is 0 Å². The predicted molar refractivity (Wildman–Crippen MR) is 99.5 cm³/mol. The molecule has 3 heterocycles. The van der Waals surface area contributed by atoms with Crippen LogP contribution in [0, 0.1) is 0 Å². The number of ether oxygens (including phenoxy) is 2. The summed E-state index contributed by atoms with van der Waals surface area (Å²) in [5, 5.41) is 3.75. The third kappa shape index (κ3) is 2.87. The predicted octanol–water partition coefficient (Wildman–Crippen LogP) is 3.25. The molecule has 1 N–H and O–H groups in total. The molecule has 6 nitrogen and oxygen atoms in total. The number of benzene rings is 1. The molecule has 1 atom stereocenters. The van der Waals surface area contributed by atoms with Crippen molar-refractivity contribution in [1.82, 2.24) is 9.55 Å². The SMILES string of the molecule is COC1(c2cccc(-n3ccc4cnc(NC(C)=O)cc43)c2)CCOC1. The molecule has 0 saturated carbocycles. The number of fused-ring (bicyclic) bond motifs is 1. The largest absolute Gasteiger partial charge is 0.378 e. The molecule has 0 spiro atoms. The summed E-state index contributed by atoms with van der Waals surface area (Å²) in [6, 6.07) is 12.2. The Morgan fingerprint density at radius 2 is 2.23 bits per heavy atom. The summed E-state index contributed by atoms with van der Waals surface area (Å²) < 4.78 is 13.5. The second-order valence-corrected chi connectivity index (χ2v) is 6.55. The van der Waals surface area contributed by atoms with Gasteiger partial charge in [0.2, 0.25) is 5.91 Å². The molecule has 1 unspecified atom stereocenters. The lowest BCUT2D eigenvalue weighted by Crippen LogP contribution is -2.28. The Morgan fingerprint density at radius 1 is 1.35 bits per heavy atom. The minimum absolute atomic E-state index is 0.139. The van der Waals surface area contributed by atoms with Crippen LogP contribution in [0.2, 0.25) is 0 Å². The number of nitrogens with one attached hydrogen (secondary N) is 1. The summed E-state index contributed by atoms with van der Waals surface area (Å²) in [4.78, 5) is 15.6. The zero-order valence-corrected chi connectivity index (χ0v) is 14.9. The van der Waals surface area contributed by atoms with Crippen LogP contribution in [0.3, 0.4) is 0 Å². The molecule has 0 bridgehead atoms. The highest BCUT2D eigenvalue weighted by atomic mass is 16.5. The molecule has 26 heavy (non-hydrogen) atoms. The van der Waals surface area contributed by atoms with Crippen LogP contribution in [0.25, 0.3) is 16.6 Å². The summed E-state index contributed by atoms with van der Waals surface area (Å²) >= 11 is 0. The molecule has 3 aromatic rings. The number of methoxy groups -OCH3 is 1. The molecule has 4 rings (SSSR count). The number of carbonyl (C=O) groups is 1. The van der Waals surface area contributed by atoms with Crippen molar-refractivity contribution in [3.63, 3.8) is 0 Å². The summed E-state index contributed by atoms with van der Waals surface area (Å²) in [7, 11) is 1.73. The molecule has 0 aliphatic carbocycles. The molecule has 1 fully saturated rings. The van der Waals surface area contributed by atoms with Crippen LogP contribution in [0.15, 0.2) is 48.8 Å². The molecule has 2 aromatic heterocycles. The van der Waals surface area contributed by atoms with Gasteiger partial charge in [-0.05, 0) is 23.8 Å². The Morgan fingerprint density at radius 3 is 2.96 bits per heavy atom. The second-order valence-electron chi connectivity index (χ2n) is 6.55. The van der Waals surface area contributed by atoms with Crippen molar-refractivity contribution < 1.29 is 14.3 Å². The first kappa shape index (κ1) is 16.8. The van der Waals surface area contributed by atoms with Gasteiger partial charge in [0, 0.05) is 56.6 Å². The van der Waals surface area contributed by atoms with Crippen LogP contribution in [0.1, 0.15) is 18.9 Å². The van der Waals surface area contributed by atoms with Crippen LogP contribution in [0.4, 0.5) is 5.82 Å². The van der Waals surface area contributed by atoms with Crippen molar-refractivity contribution in [3.05, 3.63) is 54.4 Å². The van der Waals surface area contributed by atoms with Gasteiger partial charge in [0.15, 0.2) is 0 Å². The maximum atomic E-state index is 11.3. The van der Waals surface area contributed by atoms with Gasteiger partial charge < -0.3 is 19.4 Å². The average Bonchev–Trinajstić information content (AvgIpc) is 3.29. The highest BCUT2D eigenvalue weighted by molar-refractivity contribution is 5.91. The van der Waals surface area contributed by atoms with E-state index < -0.39 is 0 Å². The van der Waals surface area contributed by atoms with E-state index in [0.29, 0.717) is 19.0 Å². The lowest BCUT2D eigenvalue weighted by atomic mass is 9.92. The molecular weight excluding hydrogens is 330 g/mol. The van der Waals surface area contributed by atoms with Crippen molar-refractivity contribution in [1.29, 1.82) is 0 Å². The van der Waals surface area contributed by atoms with Crippen LogP contribution in [-0.4, -0.2) is 35.8 Å². The normalized spacial score (nSPS) is 19.8. The standard InChI is InChI=1S/C20H21N3O3/c1-14(24)22-19-11-18-15(12-21-19)6-8-23(18)17-5-3-4-16(10-17)20(25-2)7-9-26-13-20/h3-6,8,10-12H,7,9,13H2,1-2H3,(H,21,22,24). The second kappa shape index (κ2) is 6.55. The number of nitrogens with zero attached hydrogens (tertiary/aromatic N) is 2. The van der Waals surface area contributed by atoms with Gasteiger partial charge >= 0.3 is 0 Å². The smallest absolute Gasteiger partial charge is 0.222 e. The number of hydrogen-bond donors (Lipinski definition) is 1. The van der Waals surface area contributed by atoms with E-state index in [1.165, 1.54) is 6.92 Å². The number of hydrogen-bond acceptors (Lipinski definition) is 4. The zero-order valence-electron chi connectivity index (χ0n) is 14.9. The van der Waals surface area contributed by atoms with Crippen LogP contribution in [0.5, 0.6) is 0 Å². The number of carbonyl (C=O) groups excluding carboxylic acids is 1. The fraction of sp³-hybridized carbons (Fsp3) is 0.300. The zero-order chi connectivity index (χ0) is 18.1. The summed E-state index contributed by atoms with van der Waals surface area (Å²) in [5.41, 5.74) is 2.73. The van der Waals surface area contributed by atoms with Gasteiger partial charge in [-0.25, -0.2) is 4.98 Å². The van der Waals surface area contributed by atoms with E-state index in [-0.39, 0.29) is 11.5 Å². The van der Waals surface area contributed by atoms with Gasteiger partial charge in [0.25, 0.3) is 0 Å². The third-order valence-corrected chi connectivity index (χ3v) is 4.91. The van der Waals surface area contributed by atoms with E-state index in [0.717, 1.165) is 28.6 Å². The van der Waals surface area contributed by atoms with Crippen molar-refractivity contribution in [2.24, 2.45) is 0 Å². The van der Waals surface area contributed by atoms with Gasteiger partial charge in [0.1, 0.15) is 11.4 Å². The Hall–Kier alpha value is -2.70. The Bertz CT molecular complexity index is 958. The molecule has 1 aromatic carbocycles. The minimum atomic E-state index is -0.387. The molecule has 0 radical (unpaired) electrons. The maximum absolute atomic E-state index is 11.3. The Kier molecular flexibility index (Phi) is 4.22. The van der Waals surface area contributed by atoms with Crippen molar-refractivity contribution in [2.45, 2.75) is 18.9 Å². The van der Waals surface area contributed by atoms with Crippen LogP contribution < -0.4 is 5.32 Å². The van der Waals surface area contributed by atoms with Gasteiger partial charge in [-0.1, -0.05) is 12.1 Å². The molecule has 134 valence electrons. The van der Waals surface area contributed by atoms with E-state index in [1.807, 2.05) is 24.4 Å². The maximum Gasteiger partial charge on any atom is 0.222 e. The third-order valence-electron chi connectivity index (χ3n) is 4.91. The summed E-state index contributed by atoms with van der Waals surface area (Å²) in [6.45, 7) is 2.74. The molecule has 6 heteroatoms. The van der Waals surface area contributed by atoms with Gasteiger partial charge in [0.05, 0.1) is 12.1 Å². The summed E-state index contributed by atoms with van der Waals surface area (Å²) in [5.74, 6) is 0.402. The van der Waals surface area contributed by atoms with Crippen molar-refractivity contribution in [3.8, 4) is 5.69 Å². The Labute approximate surface area is 151 Å². The first-order valence-electron chi connectivity index (χ1n) is 8.60. The lowest BCUT2D eigenvalue weighted by molar-refractivity contribution is -0.114. The average molecular weight is 351 g/mol. The lowest BCUT2D eigenvalue weighted by Gasteiger charge is -2.26. The van der Waals surface area contributed by atoms with Crippen LogP contribution in [-0.2, 0) is 19.9 Å². The number of pyridine rings is 1. The minimum Gasteiger partial charge on any atom is -0.378 e. The number of amides is 1. The highest BCUT2D eigenvalue weighted by Gasteiger charge is 2.36. The molecule has 1 aliphatic heterocycles. The quantitative estimate of drug-likeness (QED) is 0.784. The van der Waals surface area contributed by atoms with E-state index >= 15 is 0 Å². The van der Waals surface area contributed by atoms with Gasteiger partial charge in [-0.3, -0.25) is 4.79 Å². The Balaban J connectivity index is 1.78. The monoisotopic (exact) mass is 351 g/mol. The molecular formula is C20H21N3O3. The van der Waals surface area contributed by atoms with Crippen molar-refractivity contribution >= 4 is 22.6 Å². The molecule has 1 aliphatic rings. The van der Waals surface area contributed by atoms with Crippen molar-refractivity contribution in [2.75, 3.05) is 25.6 Å². The number of rotatable bonds is 4. The molecule has 1 saturated heterocycles. The van der Waals surface area contributed by atoms with Gasteiger partial charge in [-0.15, -0.1) is 0 Å². The van der Waals surface area contributed by atoms with E-state index in [9.17, 15) is 4.79 Å². The first-order valence-corrected chi connectivity index (χ1v) is 8.60. The number of anilines is 1. The fourth-order valence-corrected chi connectivity index (χ4v) is 3.49. The number of aromatic nitrogens is 2. The van der Waals surface area contributed by atoms with Crippen LogP contribution >= 0.6 is 0 Å². The van der Waals surface area contributed by atoms with E-state index in [4.69, 9.17) is 9.47 Å². The highest BCUT2D eigenvalue weighted by Crippen LogP contribution is 2.35. The first-order chi connectivity index (χ1) is 12.6. The fourth-order valence-electron chi connectivity index (χ4n) is 3.49. The van der Waals surface area contributed by atoms with E-state index in [1.54, 1.807) is 13.3 Å². The topological polar surface area (TPSA) is 65.4 Å². The molecule has 1 amide bonds. The summed E-state index contributed by atoms with van der Waals surface area (Å²) in [6.07, 6.45) is 4.62. The van der Waals surface area contributed by atoms with E-state index in [2.05, 4.69) is 33.1 Å².